The van der Waals surface area contributed by atoms with E-state index in [1.807, 2.05) is 12.1 Å². The van der Waals surface area contributed by atoms with Gasteiger partial charge in [-0.1, -0.05) is 18.2 Å². The lowest BCUT2D eigenvalue weighted by Crippen LogP contribution is -2.22. The van der Waals surface area contributed by atoms with Crippen molar-refractivity contribution in [2.75, 3.05) is 19.6 Å². The Morgan fingerprint density at radius 3 is 2.64 bits per heavy atom. The van der Waals surface area contributed by atoms with Crippen molar-refractivity contribution in [3.63, 3.8) is 0 Å². The summed E-state index contributed by atoms with van der Waals surface area (Å²) in [6, 6.07) is 11.6. The van der Waals surface area contributed by atoms with Crippen LogP contribution in [0.15, 0.2) is 47.6 Å². The molecule has 2 aromatic carbocycles. The molecule has 0 saturated carbocycles. The van der Waals surface area contributed by atoms with Crippen LogP contribution >= 0.6 is 0 Å². The van der Waals surface area contributed by atoms with E-state index in [-0.39, 0.29) is 5.56 Å². The minimum atomic E-state index is -1.23. The Bertz CT molecular complexity index is 698. The average Bonchev–Trinajstić information content (AvgIpc) is 2.54. The lowest BCUT2D eigenvalue weighted by molar-refractivity contribution is -0.255. The molecule has 0 spiro atoms. The van der Waals surface area contributed by atoms with Gasteiger partial charge in [-0.15, -0.1) is 0 Å². The SMILES string of the molecule is COc1cccc(/C=N\Nc2cccc(C(=O)[O-])c2)c1OC. The van der Waals surface area contributed by atoms with Crippen molar-refractivity contribution in [1.29, 1.82) is 0 Å². The number of hydrogen-bond donors (Lipinski definition) is 1. The van der Waals surface area contributed by atoms with Crippen molar-refractivity contribution in [1.82, 2.24) is 0 Å². The number of nitrogens with one attached hydrogen (secondary N) is 1. The van der Waals surface area contributed by atoms with E-state index in [1.54, 1.807) is 38.6 Å². The van der Waals surface area contributed by atoms with E-state index >= 15 is 0 Å². The number of benzene rings is 2. The Kier molecular flexibility index (Phi) is 4.98. The summed E-state index contributed by atoms with van der Waals surface area (Å²) in [5.74, 6) is -0.0634. The van der Waals surface area contributed by atoms with Gasteiger partial charge in [-0.2, -0.15) is 5.10 Å². The normalized spacial score (nSPS) is 10.5. The van der Waals surface area contributed by atoms with Gasteiger partial charge in [0.15, 0.2) is 11.5 Å². The molecule has 2 rings (SSSR count). The molecule has 0 aliphatic heterocycles. The molecular weight excluding hydrogens is 284 g/mol. The Hall–Kier alpha value is -3.02. The first kappa shape index (κ1) is 15.4. The minimum Gasteiger partial charge on any atom is -0.545 e. The van der Waals surface area contributed by atoms with Gasteiger partial charge >= 0.3 is 0 Å². The standard InChI is InChI=1S/C16H16N2O4/c1-21-14-8-4-6-12(15(14)22-2)10-17-18-13-7-3-5-11(9-13)16(19)20/h3-10,18H,1-2H3,(H,19,20)/p-1/b17-10-. The summed E-state index contributed by atoms with van der Waals surface area (Å²) in [6.07, 6.45) is 1.56. The highest BCUT2D eigenvalue weighted by molar-refractivity contribution is 5.87. The van der Waals surface area contributed by atoms with E-state index in [1.165, 1.54) is 12.1 Å². The largest absolute Gasteiger partial charge is 0.545 e. The van der Waals surface area contributed by atoms with Gasteiger partial charge in [0, 0.05) is 5.56 Å². The fraction of sp³-hybridized carbons (Fsp3) is 0.125. The van der Waals surface area contributed by atoms with Crippen molar-refractivity contribution in [3.05, 3.63) is 53.6 Å². The van der Waals surface area contributed by atoms with Crippen LogP contribution in [0.5, 0.6) is 11.5 Å². The van der Waals surface area contributed by atoms with Crippen molar-refractivity contribution < 1.29 is 19.4 Å². The number of carboxylic acid groups (broad SMARTS) is 1. The molecule has 0 aromatic heterocycles. The van der Waals surface area contributed by atoms with Crippen LogP contribution in [0.1, 0.15) is 15.9 Å². The molecule has 0 fully saturated rings. The molecule has 2 aromatic rings. The maximum absolute atomic E-state index is 10.8. The summed E-state index contributed by atoms with van der Waals surface area (Å²) >= 11 is 0. The number of carbonyl (C=O) groups excluding carboxylic acids is 1. The molecule has 1 N–H and O–H groups in total. The Labute approximate surface area is 128 Å². The van der Waals surface area contributed by atoms with E-state index in [2.05, 4.69) is 10.5 Å². The van der Waals surface area contributed by atoms with Crippen molar-refractivity contribution >= 4 is 17.9 Å². The van der Waals surface area contributed by atoms with Gasteiger partial charge in [-0.25, -0.2) is 0 Å². The van der Waals surface area contributed by atoms with E-state index in [9.17, 15) is 9.90 Å². The van der Waals surface area contributed by atoms with Gasteiger partial charge in [0.25, 0.3) is 0 Å². The third kappa shape index (κ3) is 3.54. The molecule has 6 nitrogen and oxygen atoms in total. The van der Waals surface area contributed by atoms with Gasteiger partial charge in [0.1, 0.15) is 0 Å². The summed E-state index contributed by atoms with van der Waals surface area (Å²) < 4.78 is 10.5. The van der Waals surface area contributed by atoms with Crippen molar-refractivity contribution in [2.24, 2.45) is 5.10 Å². The minimum absolute atomic E-state index is 0.0826. The van der Waals surface area contributed by atoms with Gasteiger partial charge < -0.3 is 19.4 Å². The zero-order chi connectivity index (χ0) is 15.9. The number of para-hydroxylation sites is 1. The average molecular weight is 299 g/mol. The fourth-order valence-corrected chi connectivity index (χ4v) is 1.91. The first-order valence-corrected chi connectivity index (χ1v) is 6.47. The van der Waals surface area contributed by atoms with Gasteiger partial charge in [0.05, 0.1) is 32.1 Å². The first-order valence-electron chi connectivity index (χ1n) is 6.47. The number of methoxy groups -OCH3 is 2. The maximum atomic E-state index is 10.8. The molecule has 114 valence electrons. The molecule has 0 unspecified atom stereocenters. The van der Waals surface area contributed by atoms with Crippen LogP contribution in [0.3, 0.4) is 0 Å². The summed E-state index contributed by atoms with van der Waals surface area (Å²) in [7, 11) is 3.11. The van der Waals surface area contributed by atoms with Crippen LogP contribution in [0.25, 0.3) is 0 Å². The molecule has 0 atom stereocenters. The van der Waals surface area contributed by atoms with Crippen LogP contribution in [-0.4, -0.2) is 26.4 Å². The zero-order valence-electron chi connectivity index (χ0n) is 12.2. The topological polar surface area (TPSA) is 83.0 Å². The van der Waals surface area contributed by atoms with Crippen molar-refractivity contribution in [2.45, 2.75) is 0 Å². The number of carboxylic acids is 1. The smallest absolute Gasteiger partial charge is 0.169 e. The lowest BCUT2D eigenvalue weighted by atomic mass is 10.2. The summed E-state index contributed by atoms with van der Waals surface area (Å²) in [5, 5.41) is 14.9. The monoisotopic (exact) mass is 299 g/mol. The molecular formula is C16H15N2O4-. The third-order valence-corrected chi connectivity index (χ3v) is 2.93. The second-order valence-electron chi connectivity index (χ2n) is 4.32. The van der Waals surface area contributed by atoms with Crippen LogP contribution in [0.4, 0.5) is 5.69 Å². The number of hydrazone groups is 1. The Morgan fingerprint density at radius 1 is 1.18 bits per heavy atom. The van der Waals surface area contributed by atoms with Gasteiger partial charge in [-0.3, -0.25) is 5.43 Å². The third-order valence-electron chi connectivity index (χ3n) is 2.93. The predicted octanol–water partition coefficient (Wildman–Crippen LogP) is 1.51. The molecule has 0 radical (unpaired) electrons. The number of nitrogens with zero attached hydrogens (tertiary/aromatic N) is 1. The highest BCUT2D eigenvalue weighted by Crippen LogP contribution is 2.29. The van der Waals surface area contributed by atoms with Gasteiger partial charge in [0.2, 0.25) is 0 Å². The molecule has 6 heteroatoms. The number of anilines is 1. The van der Waals surface area contributed by atoms with E-state index in [4.69, 9.17) is 9.47 Å². The summed E-state index contributed by atoms with van der Waals surface area (Å²) in [6.45, 7) is 0. The summed E-state index contributed by atoms with van der Waals surface area (Å²) in [5.41, 5.74) is 4.11. The van der Waals surface area contributed by atoms with Crippen LogP contribution in [0, 0.1) is 0 Å². The highest BCUT2D eigenvalue weighted by atomic mass is 16.5. The quantitative estimate of drug-likeness (QED) is 0.646. The summed E-state index contributed by atoms with van der Waals surface area (Å²) in [4.78, 5) is 10.8. The molecule has 0 aliphatic rings. The van der Waals surface area contributed by atoms with Crippen molar-refractivity contribution in [3.8, 4) is 11.5 Å². The molecule has 0 heterocycles. The molecule has 22 heavy (non-hydrogen) atoms. The maximum Gasteiger partial charge on any atom is 0.169 e. The Morgan fingerprint density at radius 2 is 1.95 bits per heavy atom. The van der Waals surface area contributed by atoms with Crippen LogP contribution in [-0.2, 0) is 0 Å². The van der Waals surface area contributed by atoms with E-state index < -0.39 is 5.97 Å². The van der Waals surface area contributed by atoms with Crippen LogP contribution in [0.2, 0.25) is 0 Å². The zero-order valence-corrected chi connectivity index (χ0v) is 12.2. The lowest BCUT2D eigenvalue weighted by Gasteiger charge is -2.09. The number of carbonyl (C=O) groups is 1. The second kappa shape index (κ2) is 7.12. The predicted molar refractivity (Wildman–Crippen MR) is 81.5 cm³/mol. The van der Waals surface area contributed by atoms with Crippen LogP contribution < -0.4 is 20.0 Å². The Balaban J connectivity index is 2.16. The highest BCUT2D eigenvalue weighted by Gasteiger charge is 2.07. The molecule has 0 aliphatic carbocycles. The number of ether oxygens (including phenoxy) is 2. The van der Waals surface area contributed by atoms with E-state index in [0.29, 0.717) is 17.2 Å². The number of rotatable bonds is 6. The van der Waals surface area contributed by atoms with E-state index in [0.717, 1.165) is 5.56 Å². The molecule has 0 amide bonds. The number of aromatic carboxylic acids is 1. The molecule has 0 saturated heterocycles. The fourth-order valence-electron chi connectivity index (χ4n) is 1.91. The first-order chi connectivity index (χ1) is 10.7. The molecule has 0 bridgehead atoms. The van der Waals surface area contributed by atoms with Gasteiger partial charge in [-0.05, 0) is 29.8 Å². The number of hydrogen-bond acceptors (Lipinski definition) is 6. The second-order valence-corrected chi connectivity index (χ2v) is 4.32.